The van der Waals surface area contributed by atoms with Crippen molar-refractivity contribution < 1.29 is 8.42 Å². The molecule has 18 heavy (non-hydrogen) atoms. The van der Waals surface area contributed by atoms with Crippen LogP contribution in [0.4, 0.5) is 5.82 Å². The Hall–Kier alpha value is -1.11. The lowest BCUT2D eigenvalue weighted by molar-refractivity contribution is 0.601. The summed E-state index contributed by atoms with van der Waals surface area (Å²) in [7, 11) is -3.64. The minimum absolute atomic E-state index is 0.160. The zero-order valence-corrected chi connectivity index (χ0v) is 12.1. The molecule has 7 heteroatoms. The fourth-order valence-electron chi connectivity index (χ4n) is 1.28. The molecule has 0 fully saturated rings. The highest BCUT2D eigenvalue weighted by Gasteiger charge is 2.14. The van der Waals surface area contributed by atoms with Gasteiger partial charge in [0, 0.05) is 4.47 Å². The highest BCUT2D eigenvalue weighted by atomic mass is 79.9. The molecule has 2 aromatic rings. The standard InChI is InChI=1S/C11H8BrClN2O2S/c12-8-4-6-9(7-5-8)18(16,17)15-11-3-1-2-10(13)14-11/h1-7H,(H,14,15). The molecule has 0 aliphatic carbocycles. The van der Waals surface area contributed by atoms with Crippen molar-refractivity contribution in [2.24, 2.45) is 0 Å². The van der Waals surface area contributed by atoms with Crippen LogP contribution in [0.1, 0.15) is 0 Å². The molecule has 94 valence electrons. The molecule has 0 radical (unpaired) electrons. The first-order chi connectivity index (χ1) is 8.47. The Morgan fingerprint density at radius 3 is 2.39 bits per heavy atom. The van der Waals surface area contributed by atoms with E-state index in [0.717, 1.165) is 4.47 Å². The summed E-state index contributed by atoms with van der Waals surface area (Å²) in [5.41, 5.74) is 0. The number of aromatic nitrogens is 1. The summed E-state index contributed by atoms with van der Waals surface area (Å²) in [6.45, 7) is 0. The van der Waals surface area contributed by atoms with E-state index in [1.54, 1.807) is 24.3 Å². The third kappa shape index (κ3) is 3.22. The predicted molar refractivity (Wildman–Crippen MR) is 74.2 cm³/mol. The minimum atomic E-state index is -3.64. The molecule has 1 heterocycles. The Labute approximate surface area is 118 Å². The van der Waals surface area contributed by atoms with Gasteiger partial charge in [0.2, 0.25) is 0 Å². The molecule has 1 aromatic heterocycles. The lowest BCUT2D eigenvalue weighted by Gasteiger charge is -2.07. The summed E-state index contributed by atoms with van der Waals surface area (Å²) in [4.78, 5) is 4.03. The van der Waals surface area contributed by atoms with Gasteiger partial charge in [0.05, 0.1) is 4.90 Å². The summed E-state index contributed by atoms with van der Waals surface area (Å²) >= 11 is 8.93. The van der Waals surface area contributed by atoms with Crippen LogP contribution in [0.2, 0.25) is 5.15 Å². The number of sulfonamides is 1. The molecule has 0 atom stereocenters. The first-order valence-electron chi connectivity index (χ1n) is 4.88. The van der Waals surface area contributed by atoms with Gasteiger partial charge in [-0.2, -0.15) is 0 Å². The second-order valence-corrected chi connectivity index (χ2v) is 6.39. The third-order valence-electron chi connectivity index (χ3n) is 2.08. The van der Waals surface area contributed by atoms with Crippen LogP contribution in [0.5, 0.6) is 0 Å². The first kappa shape index (κ1) is 13.3. The smallest absolute Gasteiger partial charge is 0.263 e. The Balaban J connectivity index is 2.30. The van der Waals surface area contributed by atoms with Crippen LogP contribution >= 0.6 is 27.5 Å². The number of nitrogens with one attached hydrogen (secondary N) is 1. The van der Waals surface area contributed by atoms with Gasteiger partial charge in [-0.1, -0.05) is 33.6 Å². The van der Waals surface area contributed by atoms with E-state index in [2.05, 4.69) is 25.6 Å². The van der Waals surface area contributed by atoms with Gasteiger partial charge in [-0.15, -0.1) is 0 Å². The molecule has 0 spiro atoms. The van der Waals surface area contributed by atoms with Crippen LogP contribution in [0.3, 0.4) is 0 Å². The van der Waals surface area contributed by atoms with E-state index in [1.807, 2.05) is 0 Å². The maximum Gasteiger partial charge on any atom is 0.263 e. The van der Waals surface area contributed by atoms with E-state index in [-0.39, 0.29) is 15.9 Å². The average molecular weight is 348 g/mol. The van der Waals surface area contributed by atoms with Crippen molar-refractivity contribution in [2.75, 3.05) is 4.72 Å². The normalized spacial score (nSPS) is 11.2. The highest BCUT2D eigenvalue weighted by Crippen LogP contribution is 2.18. The van der Waals surface area contributed by atoms with Crippen LogP contribution in [-0.2, 0) is 10.0 Å². The van der Waals surface area contributed by atoms with Crippen molar-refractivity contribution in [3.63, 3.8) is 0 Å². The van der Waals surface area contributed by atoms with Crippen molar-refractivity contribution in [3.05, 3.63) is 52.1 Å². The number of halogens is 2. The van der Waals surface area contributed by atoms with Crippen molar-refractivity contribution >= 4 is 43.4 Å². The molecule has 0 amide bonds. The van der Waals surface area contributed by atoms with Gasteiger partial charge in [-0.05, 0) is 36.4 Å². The summed E-state index contributed by atoms with van der Waals surface area (Å²) in [5.74, 6) is 0.186. The maximum atomic E-state index is 12.0. The van der Waals surface area contributed by atoms with Gasteiger partial charge in [-0.3, -0.25) is 4.72 Å². The Bertz CT molecular complexity index is 659. The van der Waals surface area contributed by atoms with Crippen LogP contribution in [-0.4, -0.2) is 13.4 Å². The summed E-state index contributed by atoms with van der Waals surface area (Å²) in [5, 5.41) is 0.228. The molecule has 0 aliphatic rings. The van der Waals surface area contributed by atoms with Crippen molar-refractivity contribution in [1.29, 1.82) is 0 Å². The predicted octanol–water partition coefficient (Wildman–Crippen LogP) is 3.30. The maximum absolute atomic E-state index is 12.0. The second-order valence-electron chi connectivity index (χ2n) is 3.40. The molecule has 0 saturated heterocycles. The van der Waals surface area contributed by atoms with Gasteiger partial charge in [0.1, 0.15) is 11.0 Å². The summed E-state index contributed by atoms with van der Waals surface area (Å²) in [6.07, 6.45) is 0. The fraction of sp³-hybridized carbons (Fsp3) is 0. The quantitative estimate of drug-likeness (QED) is 0.867. The Kier molecular flexibility index (Phi) is 3.89. The summed E-state index contributed by atoms with van der Waals surface area (Å²) < 4.78 is 27.2. The van der Waals surface area contributed by atoms with Crippen molar-refractivity contribution in [2.45, 2.75) is 4.90 Å². The van der Waals surface area contributed by atoms with Crippen LogP contribution in [0, 0.1) is 0 Å². The molecule has 0 saturated carbocycles. The molecular formula is C11H8BrClN2O2S. The number of anilines is 1. The molecular weight excluding hydrogens is 340 g/mol. The van der Waals surface area contributed by atoms with Crippen LogP contribution in [0.25, 0.3) is 0 Å². The summed E-state index contributed by atoms with van der Waals surface area (Å²) in [6, 6.07) is 11.0. The van der Waals surface area contributed by atoms with Gasteiger partial charge in [-0.25, -0.2) is 13.4 Å². The Morgan fingerprint density at radius 1 is 1.11 bits per heavy atom. The SMILES string of the molecule is O=S(=O)(Nc1cccc(Cl)n1)c1ccc(Br)cc1. The van der Waals surface area contributed by atoms with E-state index in [1.165, 1.54) is 18.2 Å². The minimum Gasteiger partial charge on any atom is -0.263 e. The molecule has 1 aromatic carbocycles. The van der Waals surface area contributed by atoms with E-state index < -0.39 is 10.0 Å². The van der Waals surface area contributed by atoms with E-state index in [0.29, 0.717) is 0 Å². The van der Waals surface area contributed by atoms with E-state index in [4.69, 9.17) is 11.6 Å². The van der Waals surface area contributed by atoms with Crippen LogP contribution in [0.15, 0.2) is 51.8 Å². The molecule has 2 rings (SSSR count). The first-order valence-corrected chi connectivity index (χ1v) is 7.54. The second kappa shape index (κ2) is 5.26. The molecule has 0 unspecified atom stereocenters. The molecule has 0 bridgehead atoms. The van der Waals surface area contributed by atoms with Crippen LogP contribution < -0.4 is 4.72 Å². The number of rotatable bonds is 3. The van der Waals surface area contributed by atoms with Gasteiger partial charge in [0.25, 0.3) is 10.0 Å². The Morgan fingerprint density at radius 2 is 1.78 bits per heavy atom. The van der Waals surface area contributed by atoms with Gasteiger partial charge >= 0.3 is 0 Å². The monoisotopic (exact) mass is 346 g/mol. The third-order valence-corrected chi connectivity index (χ3v) is 4.19. The van der Waals surface area contributed by atoms with Gasteiger partial charge < -0.3 is 0 Å². The van der Waals surface area contributed by atoms with Crippen molar-refractivity contribution in [3.8, 4) is 0 Å². The number of pyridine rings is 1. The topological polar surface area (TPSA) is 59.1 Å². The van der Waals surface area contributed by atoms with Crippen molar-refractivity contribution in [1.82, 2.24) is 4.98 Å². The fourth-order valence-corrected chi connectivity index (χ4v) is 2.70. The lowest BCUT2D eigenvalue weighted by Crippen LogP contribution is -2.13. The van der Waals surface area contributed by atoms with E-state index in [9.17, 15) is 8.42 Å². The molecule has 4 nitrogen and oxygen atoms in total. The highest BCUT2D eigenvalue weighted by molar-refractivity contribution is 9.10. The lowest BCUT2D eigenvalue weighted by atomic mass is 10.4. The molecule has 1 N–H and O–H groups in total. The number of nitrogens with zero attached hydrogens (tertiary/aromatic N) is 1. The zero-order chi connectivity index (χ0) is 13.2. The number of hydrogen-bond acceptors (Lipinski definition) is 3. The molecule has 0 aliphatic heterocycles. The number of hydrogen-bond donors (Lipinski definition) is 1. The van der Waals surface area contributed by atoms with Gasteiger partial charge in [0.15, 0.2) is 0 Å². The zero-order valence-electron chi connectivity index (χ0n) is 8.97. The average Bonchev–Trinajstić information content (AvgIpc) is 2.29. The number of benzene rings is 1. The van der Waals surface area contributed by atoms with E-state index >= 15 is 0 Å². The largest absolute Gasteiger partial charge is 0.263 e.